The third-order valence-corrected chi connectivity index (χ3v) is 3.70. The number of fused-ring (bicyclic) bond motifs is 1. The fraction of sp³-hybridized carbons (Fsp3) is 0.118. The number of carbonyl (C=O) groups is 1. The number of hydrogen-bond donors (Lipinski definition) is 1. The number of nitrogen functional groups attached to an aromatic ring is 1. The number of benzene rings is 1. The number of rotatable bonds is 3. The summed E-state index contributed by atoms with van der Waals surface area (Å²) >= 11 is 5.80. The van der Waals surface area contributed by atoms with Crippen LogP contribution in [0.25, 0.3) is 5.65 Å². The highest BCUT2D eigenvalue weighted by Crippen LogP contribution is 2.19. The molecule has 2 aromatic heterocycles. The summed E-state index contributed by atoms with van der Waals surface area (Å²) in [5, 5.41) is 0.434. The molecule has 0 radical (unpaired) electrons. The van der Waals surface area contributed by atoms with Gasteiger partial charge in [0.15, 0.2) is 0 Å². The fourth-order valence-electron chi connectivity index (χ4n) is 2.26. The average Bonchev–Trinajstić information content (AvgIpc) is 2.52. The third-order valence-electron chi connectivity index (χ3n) is 3.46. The number of esters is 1. The van der Waals surface area contributed by atoms with E-state index in [9.17, 15) is 9.59 Å². The normalized spacial score (nSPS) is 10.8. The number of ether oxygens (including phenoxy) is 1. The van der Waals surface area contributed by atoms with Gasteiger partial charge in [-0.05, 0) is 42.8 Å². The van der Waals surface area contributed by atoms with E-state index in [-0.39, 0.29) is 23.4 Å². The lowest BCUT2D eigenvalue weighted by molar-refractivity contribution is 0.0469. The Morgan fingerprint density at radius 2 is 2.08 bits per heavy atom. The summed E-state index contributed by atoms with van der Waals surface area (Å²) in [5.74, 6) is -0.601. The minimum absolute atomic E-state index is 0.124. The largest absolute Gasteiger partial charge is 0.456 e. The summed E-state index contributed by atoms with van der Waals surface area (Å²) in [6.07, 6.45) is 1.66. The molecule has 122 valence electrons. The molecule has 2 heterocycles. The number of aryl methyl sites for hydroxylation is 1. The number of aromatic nitrogens is 2. The topological polar surface area (TPSA) is 86.7 Å². The molecular weight excluding hydrogens is 330 g/mol. The van der Waals surface area contributed by atoms with Crippen LogP contribution >= 0.6 is 11.6 Å². The molecule has 0 saturated carbocycles. The van der Waals surface area contributed by atoms with Crippen molar-refractivity contribution >= 4 is 28.9 Å². The van der Waals surface area contributed by atoms with Gasteiger partial charge in [-0.15, -0.1) is 0 Å². The molecule has 0 fully saturated rings. The lowest BCUT2D eigenvalue weighted by atomic mass is 10.2. The molecule has 0 atom stereocenters. The molecule has 0 aliphatic carbocycles. The van der Waals surface area contributed by atoms with E-state index >= 15 is 0 Å². The second-order valence-corrected chi connectivity index (χ2v) is 5.76. The molecule has 0 bridgehead atoms. The molecular formula is C17H14ClN3O3. The molecule has 0 unspecified atom stereocenters. The Balaban J connectivity index is 1.82. The Morgan fingerprint density at radius 1 is 1.29 bits per heavy atom. The smallest absolute Gasteiger partial charge is 0.340 e. The molecule has 7 heteroatoms. The summed E-state index contributed by atoms with van der Waals surface area (Å²) in [4.78, 5) is 28.5. The predicted octanol–water partition coefficient (Wildman–Crippen LogP) is 2.60. The monoisotopic (exact) mass is 343 g/mol. The second kappa shape index (κ2) is 6.33. The summed E-state index contributed by atoms with van der Waals surface area (Å²) in [7, 11) is 0. The standard InChI is InChI=1S/C17H14ClN3O3/c1-10-4-5-21-15(6-10)20-12(8-16(21)22)9-24-17(23)13-3-2-11(18)7-14(13)19/h2-8H,9,19H2,1H3. The number of nitrogens with two attached hydrogens (primary N) is 1. The van der Waals surface area contributed by atoms with Gasteiger partial charge in [0.05, 0.1) is 11.3 Å². The van der Waals surface area contributed by atoms with Crippen LogP contribution in [0.4, 0.5) is 5.69 Å². The third kappa shape index (κ3) is 3.23. The molecule has 24 heavy (non-hydrogen) atoms. The Bertz CT molecular complexity index is 998. The maximum Gasteiger partial charge on any atom is 0.340 e. The van der Waals surface area contributed by atoms with E-state index in [0.717, 1.165) is 5.56 Å². The molecule has 0 aliphatic heterocycles. The zero-order chi connectivity index (χ0) is 17.3. The quantitative estimate of drug-likeness (QED) is 0.583. The first-order chi connectivity index (χ1) is 11.4. The molecule has 3 aromatic rings. The van der Waals surface area contributed by atoms with Crippen molar-refractivity contribution in [2.24, 2.45) is 0 Å². The summed E-state index contributed by atoms with van der Waals surface area (Å²) in [6, 6.07) is 9.45. The van der Waals surface area contributed by atoms with Gasteiger partial charge in [0.2, 0.25) is 0 Å². The molecule has 0 aliphatic rings. The van der Waals surface area contributed by atoms with Crippen molar-refractivity contribution in [1.82, 2.24) is 9.38 Å². The number of carbonyl (C=O) groups excluding carboxylic acids is 1. The van der Waals surface area contributed by atoms with Crippen molar-refractivity contribution < 1.29 is 9.53 Å². The predicted molar refractivity (Wildman–Crippen MR) is 91.2 cm³/mol. The lowest BCUT2D eigenvalue weighted by Gasteiger charge is -2.08. The van der Waals surface area contributed by atoms with E-state index in [1.807, 2.05) is 13.0 Å². The van der Waals surface area contributed by atoms with Gasteiger partial charge in [-0.25, -0.2) is 9.78 Å². The maximum atomic E-state index is 12.1. The van der Waals surface area contributed by atoms with E-state index in [4.69, 9.17) is 22.1 Å². The first-order valence-corrected chi connectivity index (χ1v) is 7.53. The zero-order valence-corrected chi connectivity index (χ0v) is 13.6. The van der Waals surface area contributed by atoms with Gasteiger partial charge in [0.25, 0.3) is 5.56 Å². The molecule has 1 aromatic carbocycles. The fourth-order valence-corrected chi connectivity index (χ4v) is 2.44. The number of hydrogen-bond acceptors (Lipinski definition) is 5. The molecule has 0 amide bonds. The number of nitrogens with zero attached hydrogens (tertiary/aromatic N) is 2. The van der Waals surface area contributed by atoms with Gasteiger partial charge in [-0.3, -0.25) is 9.20 Å². The van der Waals surface area contributed by atoms with Crippen LogP contribution in [0.15, 0.2) is 47.4 Å². The van der Waals surface area contributed by atoms with Crippen molar-refractivity contribution in [3.63, 3.8) is 0 Å². The van der Waals surface area contributed by atoms with Crippen LogP contribution in [0.2, 0.25) is 5.02 Å². The summed E-state index contributed by atoms with van der Waals surface area (Å²) in [5.41, 5.74) is 7.80. The van der Waals surface area contributed by atoms with Crippen LogP contribution in [0.5, 0.6) is 0 Å². The Labute approximate surface area is 142 Å². The Kier molecular flexibility index (Phi) is 4.22. The van der Waals surface area contributed by atoms with Gasteiger partial charge < -0.3 is 10.5 Å². The van der Waals surface area contributed by atoms with E-state index in [1.165, 1.54) is 22.6 Å². The number of pyridine rings is 1. The van der Waals surface area contributed by atoms with Crippen LogP contribution in [0, 0.1) is 6.92 Å². The van der Waals surface area contributed by atoms with Crippen LogP contribution in [-0.4, -0.2) is 15.4 Å². The van der Waals surface area contributed by atoms with Gasteiger partial charge >= 0.3 is 5.97 Å². The molecule has 0 saturated heterocycles. The minimum atomic E-state index is -0.601. The number of halogens is 1. The van der Waals surface area contributed by atoms with E-state index in [2.05, 4.69) is 4.98 Å². The van der Waals surface area contributed by atoms with Crippen molar-refractivity contribution in [3.8, 4) is 0 Å². The van der Waals surface area contributed by atoms with Crippen LogP contribution in [0.1, 0.15) is 21.6 Å². The Morgan fingerprint density at radius 3 is 2.83 bits per heavy atom. The highest BCUT2D eigenvalue weighted by Gasteiger charge is 2.12. The highest BCUT2D eigenvalue weighted by atomic mass is 35.5. The summed E-state index contributed by atoms with van der Waals surface area (Å²) in [6.45, 7) is 1.78. The maximum absolute atomic E-state index is 12.1. The first-order valence-electron chi connectivity index (χ1n) is 7.15. The zero-order valence-electron chi connectivity index (χ0n) is 12.8. The van der Waals surface area contributed by atoms with Crippen LogP contribution in [-0.2, 0) is 11.3 Å². The van der Waals surface area contributed by atoms with Crippen molar-refractivity contribution in [2.75, 3.05) is 5.73 Å². The van der Waals surface area contributed by atoms with Crippen molar-refractivity contribution in [1.29, 1.82) is 0 Å². The van der Waals surface area contributed by atoms with E-state index in [1.54, 1.807) is 18.3 Å². The lowest BCUT2D eigenvalue weighted by Crippen LogP contribution is -2.17. The molecule has 0 spiro atoms. The van der Waals surface area contributed by atoms with Gasteiger partial charge in [0.1, 0.15) is 12.3 Å². The van der Waals surface area contributed by atoms with Gasteiger partial charge in [-0.2, -0.15) is 0 Å². The minimum Gasteiger partial charge on any atom is -0.456 e. The first kappa shape index (κ1) is 16.0. The van der Waals surface area contributed by atoms with Gasteiger partial charge in [0, 0.05) is 23.0 Å². The Hall–Kier alpha value is -2.86. The van der Waals surface area contributed by atoms with Gasteiger partial charge in [-0.1, -0.05) is 11.6 Å². The van der Waals surface area contributed by atoms with Crippen LogP contribution in [0.3, 0.4) is 0 Å². The molecule has 3 rings (SSSR count). The van der Waals surface area contributed by atoms with Crippen molar-refractivity contribution in [2.45, 2.75) is 13.5 Å². The van der Waals surface area contributed by atoms with E-state index < -0.39 is 5.97 Å². The average molecular weight is 344 g/mol. The SMILES string of the molecule is Cc1ccn2c(=O)cc(COC(=O)c3ccc(Cl)cc3N)nc2c1. The second-order valence-electron chi connectivity index (χ2n) is 5.33. The number of anilines is 1. The molecule has 6 nitrogen and oxygen atoms in total. The van der Waals surface area contributed by atoms with E-state index in [0.29, 0.717) is 16.4 Å². The van der Waals surface area contributed by atoms with Crippen molar-refractivity contribution in [3.05, 3.63) is 74.8 Å². The molecule has 2 N–H and O–H groups in total. The summed E-state index contributed by atoms with van der Waals surface area (Å²) < 4.78 is 6.62. The van der Waals surface area contributed by atoms with Crippen LogP contribution < -0.4 is 11.3 Å². The highest BCUT2D eigenvalue weighted by molar-refractivity contribution is 6.31.